The summed E-state index contributed by atoms with van der Waals surface area (Å²) in [4.78, 5) is 0. The van der Waals surface area contributed by atoms with E-state index in [1.54, 1.807) is 24.3 Å². The van der Waals surface area contributed by atoms with Crippen LogP contribution in [-0.2, 0) is 6.54 Å². The molecule has 0 aromatic heterocycles. The highest BCUT2D eigenvalue weighted by atomic mass is 16.5. The van der Waals surface area contributed by atoms with Crippen molar-refractivity contribution in [2.45, 2.75) is 6.54 Å². The molecule has 2 heteroatoms. The molecule has 0 amide bonds. The lowest BCUT2D eigenvalue weighted by molar-refractivity contribution is 0.414. The molecule has 1 rings (SSSR count). The summed E-state index contributed by atoms with van der Waals surface area (Å²) in [5, 5.41) is 0. The monoisotopic (exact) mass is 141 g/mol. The van der Waals surface area contributed by atoms with E-state index < -0.39 is 7.04 Å². The summed E-state index contributed by atoms with van der Waals surface area (Å²) in [6.45, 7) is 0.439. The molecule has 0 radical (unpaired) electrons. The Balaban J connectivity index is 2.70. The highest BCUT2D eigenvalue weighted by Crippen LogP contribution is 2.09. The van der Waals surface area contributed by atoms with Gasteiger partial charge in [-0.2, -0.15) is 0 Å². The number of methoxy groups -OCH3 is 1. The van der Waals surface area contributed by atoms with E-state index >= 15 is 0 Å². The Morgan fingerprint density at radius 3 is 2.70 bits per heavy atom. The topological polar surface area (TPSA) is 35.2 Å². The maximum absolute atomic E-state index is 6.85. The van der Waals surface area contributed by atoms with Crippen molar-refractivity contribution < 1.29 is 8.85 Å². The summed E-state index contributed by atoms with van der Waals surface area (Å²) in [6, 6.07) is 6.66. The average molecular weight is 141 g/mol. The van der Waals surface area contributed by atoms with Crippen molar-refractivity contribution in [1.29, 1.82) is 0 Å². The molecule has 0 atom stereocenters. The van der Waals surface area contributed by atoms with Gasteiger partial charge in [0.15, 0.2) is 0 Å². The van der Waals surface area contributed by atoms with Crippen LogP contribution in [0.3, 0.4) is 0 Å². The lowest BCUT2D eigenvalue weighted by Crippen LogP contribution is -1.95. The predicted molar refractivity (Wildman–Crippen MR) is 40.9 cm³/mol. The fourth-order valence-corrected chi connectivity index (χ4v) is 0.694. The summed E-state index contributed by atoms with van der Waals surface area (Å²) >= 11 is 0. The van der Waals surface area contributed by atoms with Crippen LogP contribution in [0.5, 0.6) is 5.75 Å². The molecular weight excluding hydrogens is 127 g/mol. The highest BCUT2D eigenvalue weighted by molar-refractivity contribution is 5.26. The Labute approximate surface area is 64.8 Å². The lowest BCUT2D eigenvalue weighted by Gasteiger charge is -1.99. The molecule has 0 fully saturated rings. The molecule has 1 aromatic carbocycles. The quantitative estimate of drug-likeness (QED) is 0.627. The molecule has 2 N–H and O–H groups in total. The van der Waals surface area contributed by atoms with Crippen LogP contribution in [-0.4, -0.2) is 7.04 Å². The number of benzene rings is 1. The highest BCUT2D eigenvalue weighted by Gasteiger charge is 1.89. The molecular formula is C8H11NO. The Bertz CT molecular complexity index is 268. The largest absolute Gasteiger partial charge is 0.497 e. The van der Waals surface area contributed by atoms with Crippen molar-refractivity contribution in [3.05, 3.63) is 29.8 Å². The number of nitrogens with two attached hydrogens (primary N) is 1. The zero-order chi connectivity index (χ0) is 9.90. The molecule has 0 aliphatic heterocycles. The van der Waals surface area contributed by atoms with Gasteiger partial charge in [0.1, 0.15) is 5.75 Å². The van der Waals surface area contributed by atoms with Crippen molar-refractivity contribution in [3.63, 3.8) is 0 Å². The fourth-order valence-electron chi connectivity index (χ4n) is 0.694. The number of ether oxygens (including phenoxy) is 1. The van der Waals surface area contributed by atoms with E-state index in [9.17, 15) is 0 Å². The van der Waals surface area contributed by atoms with E-state index in [4.69, 9.17) is 9.85 Å². The van der Waals surface area contributed by atoms with Crippen LogP contribution in [0.1, 0.15) is 9.68 Å². The SMILES string of the molecule is [2H][13C]([2H])([2H])Oc1ccc(CN)cc1. The van der Waals surface area contributed by atoms with Crippen LogP contribution in [0, 0.1) is 0 Å². The molecule has 0 saturated carbocycles. The third kappa shape index (κ3) is 1.48. The first-order valence-corrected chi connectivity index (χ1v) is 2.99. The molecule has 0 heterocycles. The summed E-state index contributed by atoms with van der Waals surface area (Å²) in [5.74, 6) is 0.331. The Morgan fingerprint density at radius 1 is 1.50 bits per heavy atom. The molecule has 0 spiro atoms. The first-order valence-electron chi connectivity index (χ1n) is 4.49. The molecule has 0 unspecified atom stereocenters. The normalized spacial score (nSPS) is 15.1. The van der Waals surface area contributed by atoms with Gasteiger partial charge in [0, 0.05) is 6.54 Å². The predicted octanol–water partition coefficient (Wildman–Crippen LogP) is 1.15. The third-order valence-corrected chi connectivity index (χ3v) is 1.28. The maximum Gasteiger partial charge on any atom is 0.118 e. The average Bonchev–Trinajstić information content (AvgIpc) is 2.03. The molecule has 10 heavy (non-hydrogen) atoms. The molecule has 0 saturated heterocycles. The molecule has 2 nitrogen and oxygen atoms in total. The molecule has 1 aromatic rings. The third-order valence-electron chi connectivity index (χ3n) is 1.28. The summed E-state index contributed by atoms with van der Waals surface area (Å²) < 4.78 is 25.2. The van der Waals surface area contributed by atoms with Crippen LogP contribution in [0.25, 0.3) is 0 Å². The Kier molecular flexibility index (Phi) is 1.28. The second kappa shape index (κ2) is 3.22. The summed E-state index contributed by atoms with van der Waals surface area (Å²) in [6.07, 6.45) is 0. The van der Waals surface area contributed by atoms with Gasteiger partial charge in [0.2, 0.25) is 0 Å². The second-order valence-corrected chi connectivity index (χ2v) is 1.95. The van der Waals surface area contributed by atoms with Gasteiger partial charge < -0.3 is 10.5 Å². The van der Waals surface area contributed by atoms with Crippen LogP contribution in [0.15, 0.2) is 24.3 Å². The minimum Gasteiger partial charge on any atom is -0.497 e. The summed E-state index contributed by atoms with van der Waals surface area (Å²) in [5.41, 5.74) is 6.32. The van der Waals surface area contributed by atoms with Crippen LogP contribution in [0.4, 0.5) is 0 Å². The van der Waals surface area contributed by atoms with Crippen molar-refractivity contribution >= 4 is 0 Å². The van der Waals surface area contributed by atoms with E-state index in [2.05, 4.69) is 4.74 Å². The summed E-state index contributed by atoms with van der Waals surface area (Å²) in [7, 11) is -2.38. The van der Waals surface area contributed by atoms with E-state index in [0.717, 1.165) is 5.56 Å². The van der Waals surface area contributed by atoms with Crippen LogP contribution >= 0.6 is 0 Å². The van der Waals surface area contributed by atoms with Crippen molar-refractivity contribution in [2.75, 3.05) is 7.04 Å². The van der Waals surface area contributed by atoms with Crippen molar-refractivity contribution in [1.82, 2.24) is 0 Å². The Morgan fingerprint density at radius 2 is 2.20 bits per heavy atom. The van der Waals surface area contributed by atoms with Gasteiger partial charge in [-0.25, -0.2) is 0 Å². The second-order valence-electron chi connectivity index (χ2n) is 1.95. The minimum atomic E-state index is -2.38. The Hall–Kier alpha value is -1.02. The first-order chi connectivity index (χ1) is 6.01. The maximum atomic E-state index is 6.85. The minimum absolute atomic E-state index is 0.331. The van der Waals surface area contributed by atoms with Gasteiger partial charge in [-0.15, -0.1) is 0 Å². The number of hydrogen-bond donors (Lipinski definition) is 1. The molecule has 0 bridgehead atoms. The standard InChI is InChI=1S/C8H11NO/c1-10-8-4-2-7(6-9)3-5-8/h2-5H,6,9H2,1H3/i1+1D3. The van der Waals surface area contributed by atoms with Gasteiger partial charge in [0.05, 0.1) is 11.2 Å². The van der Waals surface area contributed by atoms with Crippen molar-refractivity contribution in [3.8, 4) is 5.75 Å². The van der Waals surface area contributed by atoms with Gasteiger partial charge in [-0.1, -0.05) is 12.1 Å². The van der Waals surface area contributed by atoms with Gasteiger partial charge in [-0.05, 0) is 17.7 Å². The number of hydrogen-bond acceptors (Lipinski definition) is 2. The molecule has 54 valence electrons. The number of rotatable bonds is 2. The van der Waals surface area contributed by atoms with Gasteiger partial charge in [-0.3, -0.25) is 0 Å². The molecule has 0 aliphatic rings. The first kappa shape index (κ1) is 3.98. The van der Waals surface area contributed by atoms with E-state index in [0.29, 0.717) is 12.3 Å². The van der Waals surface area contributed by atoms with E-state index in [1.807, 2.05) is 0 Å². The molecule has 0 aliphatic carbocycles. The lowest BCUT2D eigenvalue weighted by atomic mass is 10.2. The smallest absolute Gasteiger partial charge is 0.118 e. The van der Waals surface area contributed by atoms with Crippen LogP contribution in [0.2, 0.25) is 0 Å². The van der Waals surface area contributed by atoms with Gasteiger partial charge >= 0.3 is 0 Å². The van der Waals surface area contributed by atoms with Crippen molar-refractivity contribution in [2.24, 2.45) is 5.73 Å². The van der Waals surface area contributed by atoms with E-state index in [1.165, 1.54) is 0 Å². The van der Waals surface area contributed by atoms with Gasteiger partial charge in [0.25, 0.3) is 0 Å². The zero-order valence-corrected chi connectivity index (χ0v) is 5.50. The fraction of sp³-hybridized carbons (Fsp3) is 0.250. The van der Waals surface area contributed by atoms with E-state index in [-0.39, 0.29) is 0 Å². The zero-order valence-electron chi connectivity index (χ0n) is 8.50. The van der Waals surface area contributed by atoms with Crippen LogP contribution < -0.4 is 10.5 Å².